The third kappa shape index (κ3) is 2.47. The van der Waals surface area contributed by atoms with Crippen LogP contribution in [0, 0.1) is 18.3 Å². The van der Waals surface area contributed by atoms with Gasteiger partial charge in [0.15, 0.2) is 5.82 Å². The van der Waals surface area contributed by atoms with E-state index in [1.807, 2.05) is 6.07 Å². The first kappa shape index (κ1) is 10.5. The van der Waals surface area contributed by atoms with E-state index < -0.39 is 5.60 Å². The Balaban J connectivity index is 2.74. The van der Waals surface area contributed by atoms with Gasteiger partial charge in [-0.15, -0.1) is 0 Å². The highest BCUT2D eigenvalue weighted by molar-refractivity contribution is 5.53. The fourth-order valence-electron chi connectivity index (χ4n) is 0.994. The van der Waals surface area contributed by atoms with Crippen molar-refractivity contribution in [3.8, 4) is 6.07 Å². The summed E-state index contributed by atoms with van der Waals surface area (Å²) in [6.07, 6.45) is 0. The summed E-state index contributed by atoms with van der Waals surface area (Å²) < 4.78 is 0. The topological polar surface area (TPSA) is 84.7 Å². The summed E-state index contributed by atoms with van der Waals surface area (Å²) in [4.78, 5) is 0. The summed E-state index contributed by atoms with van der Waals surface area (Å²) in [5.74, 6) is 0.493. The second-order valence-corrected chi connectivity index (χ2v) is 3.85. The van der Waals surface area contributed by atoms with Gasteiger partial charge in [0.1, 0.15) is 11.6 Å². The molecule has 3 N–H and O–H groups in total. The van der Waals surface area contributed by atoms with Crippen LogP contribution in [0.1, 0.15) is 25.1 Å². The van der Waals surface area contributed by atoms with E-state index in [9.17, 15) is 5.11 Å². The van der Waals surface area contributed by atoms with Crippen molar-refractivity contribution in [1.82, 2.24) is 10.2 Å². The smallest absolute Gasteiger partial charge is 0.166 e. The van der Waals surface area contributed by atoms with Gasteiger partial charge in [-0.05, 0) is 20.8 Å². The molecule has 0 saturated carbocycles. The van der Waals surface area contributed by atoms with Crippen LogP contribution in [0.2, 0.25) is 0 Å². The Morgan fingerprint density at radius 2 is 2.29 bits per heavy atom. The lowest BCUT2D eigenvalue weighted by Gasteiger charge is -2.17. The number of nitriles is 1. The van der Waals surface area contributed by atoms with Gasteiger partial charge in [-0.2, -0.15) is 10.4 Å². The molecule has 1 aromatic heterocycles. The zero-order chi connectivity index (χ0) is 10.8. The number of nitrogens with one attached hydrogen (secondary N) is 2. The first-order valence-corrected chi connectivity index (χ1v) is 4.35. The molecule has 0 atom stereocenters. The molecule has 0 aliphatic carbocycles. The van der Waals surface area contributed by atoms with Crippen LogP contribution in [0.3, 0.4) is 0 Å². The quantitative estimate of drug-likeness (QED) is 0.663. The summed E-state index contributed by atoms with van der Waals surface area (Å²) >= 11 is 0. The fourth-order valence-corrected chi connectivity index (χ4v) is 0.994. The van der Waals surface area contributed by atoms with Crippen molar-refractivity contribution < 1.29 is 5.11 Å². The highest BCUT2D eigenvalue weighted by Crippen LogP contribution is 2.15. The fraction of sp³-hybridized carbons (Fsp3) is 0.556. The molecule has 14 heavy (non-hydrogen) atoms. The van der Waals surface area contributed by atoms with Crippen LogP contribution in [0.4, 0.5) is 5.82 Å². The number of hydrogen-bond donors (Lipinski definition) is 3. The first-order valence-electron chi connectivity index (χ1n) is 4.35. The molecule has 1 rings (SSSR count). The molecular weight excluding hydrogens is 180 g/mol. The maximum atomic E-state index is 9.47. The Morgan fingerprint density at radius 3 is 2.79 bits per heavy atom. The minimum Gasteiger partial charge on any atom is -0.389 e. The summed E-state index contributed by atoms with van der Waals surface area (Å²) in [6, 6.07) is 2.04. The third-order valence-corrected chi connectivity index (χ3v) is 1.75. The van der Waals surface area contributed by atoms with E-state index in [0.717, 1.165) is 5.69 Å². The Kier molecular flexibility index (Phi) is 2.77. The van der Waals surface area contributed by atoms with Crippen molar-refractivity contribution >= 4 is 5.82 Å². The van der Waals surface area contributed by atoms with Crippen molar-refractivity contribution in [2.45, 2.75) is 26.4 Å². The lowest BCUT2D eigenvalue weighted by atomic mass is 10.1. The molecule has 76 valence electrons. The van der Waals surface area contributed by atoms with Crippen LogP contribution in [-0.2, 0) is 0 Å². The van der Waals surface area contributed by atoms with Gasteiger partial charge in [0.05, 0.1) is 11.3 Å². The van der Waals surface area contributed by atoms with E-state index in [0.29, 0.717) is 17.9 Å². The number of aryl methyl sites for hydroxylation is 1. The lowest BCUT2D eigenvalue weighted by molar-refractivity contribution is 0.0944. The van der Waals surface area contributed by atoms with Gasteiger partial charge in [-0.1, -0.05) is 0 Å². The maximum absolute atomic E-state index is 9.47. The number of H-pyrrole nitrogens is 1. The van der Waals surface area contributed by atoms with E-state index in [2.05, 4.69) is 15.5 Å². The van der Waals surface area contributed by atoms with Crippen LogP contribution in [0.25, 0.3) is 0 Å². The van der Waals surface area contributed by atoms with Gasteiger partial charge in [0.2, 0.25) is 0 Å². The average Bonchev–Trinajstić information content (AvgIpc) is 2.41. The van der Waals surface area contributed by atoms with Gasteiger partial charge >= 0.3 is 0 Å². The molecule has 0 aliphatic heterocycles. The molecule has 0 unspecified atom stereocenters. The molecule has 0 amide bonds. The van der Waals surface area contributed by atoms with Crippen LogP contribution in [0.15, 0.2) is 0 Å². The minimum atomic E-state index is -0.820. The zero-order valence-electron chi connectivity index (χ0n) is 8.55. The molecule has 0 aromatic carbocycles. The summed E-state index contributed by atoms with van der Waals surface area (Å²) in [6.45, 7) is 5.50. The predicted molar refractivity (Wildman–Crippen MR) is 52.8 cm³/mol. The van der Waals surface area contributed by atoms with Crippen LogP contribution < -0.4 is 5.32 Å². The van der Waals surface area contributed by atoms with Crippen LogP contribution in [0.5, 0.6) is 0 Å². The highest BCUT2D eigenvalue weighted by atomic mass is 16.3. The third-order valence-electron chi connectivity index (χ3n) is 1.75. The van der Waals surface area contributed by atoms with E-state index in [-0.39, 0.29) is 0 Å². The molecule has 5 nitrogen and oxygen atoms in total. The number of nitrogens with zero attached hydrogens (tertiary/aromatic N) is 2. The average molecular weight is 194 g/mol. The summed E-state index contributed by atoms with van der Waals surface area (Å²) in [7, 11) is 0. The molecule has 1 aromatic rings. The Morgan fingerprint density at radius 1 is 1.64 bits per heavy atom. The van der Waals surface area contributed by atoms with Gasteiger partial charge < -0.3 is 10.4 Å². The number of aliphatic hydroxyl groups is 1. The number of aromatic nitrogens is 2. The standard InChI is InChI=1S/C9H14N4O/c1-6-7(4-10)8(13-12-6)11-5-9(2,3)14/h14H,5H2,1-3H3,(H2,11,12,13). The van der Waals surface area contributed by atoms with Crippen molar-refractivity contribution in [2.24, 2.45) is 0 Å². The molecule has 0 bridgehead atoms. The zero-order valence-corrected chi connectivity index (χ0v) is 8.55. The SMILES string of the molecule is Cc1[nH]nc(NCC(C)(C)O)c1C#N. The number of hydrogen-bond acceptors (Lipinski definition) is 4. The van der Waals surface area contributed by atoms with Gasteiger partial charge in [0, 0.05) is 6.54 Å². The Labute approximate surface area is 82.8 Å². The molecule has 5 heteroatoms. The van der Waals surface area contributed by atoms with Crippen molar-refractivity contribution in [3.63, 3.8) is 0 Å². The van der Waals surface area contributed by atoms with E-state index in [1.54, 1.807) is 20.8 Å². The largest absolute Gasteiger partial charge is 0.389 e. The number of anilines is 1. The summed E-state index contributed by atoms with van der Waals surface area (Å²) in [5, 5.41) is 27.8. The van der Waals surface area contributed by atoms with E-state index in [1.165, 1.54) is 0 Å². The molecule has 0 spiro atoms. The summed E-state index contributed by atoms with van der Waals surface area (Å²) in [5.41, 5.74) is 0.402. The normalized spacial score (nSPS) is 11.1. The second-order valence-electron chi connectivity index (χ2n) is 3.85. The van der Waals surface area contributed by atoms with E-state index in [4.69, 9.17) is 5.26 Å². The highest BCUT2D eigenvalue weighted by Gasteiger charge is 2.15. The number of rotatable bonds is 3. The molecule has 0 radical (unpaired) electrons. The molecular formula is C9H14N4O. The Hall–Kier alpha value is -1.54. The Bertz CT molecular complexity index is 356. The van der Waals surface area contributed by atoms with Gasteiger partial charge in [0.25, 0.3) is 0 Å². The molecule has 0 fully saturated rings. The molecule has 0 saturated heterocycles. The minimum absolute atomic E-state index is 0.353. The first-order chi connectivity index (χ1) is 6.44. The monoisotopic (exact) mass is 194 g/mol. The maximum Gasteiger partial charge on any atom is 0.166 e. The van der Waals surface area contributed by atoms with Crippen molar-refractivity contribution in [3.05, 3.63) is 11.3 Å². The lowest BCUT2D eigenvalue weighted by Crippen LogP contribution is -2.29. The van der Waals surface area contributed by atoms with Crippen LogP contribution >= 0.6 is 0 Å². The predicted octanol–water partition coefficient (Wildman–Crippen LogP) is 0.773. The number of aromatic amines is 1. The second kappa shape index (κ2) is 3.68. The van der Waals surface area contributed by atoms with Gasteiger partial charge in [-0.25, -0.2) is 0 Å². The van der Waals surface area contributed by atoms with Crippen LogP contribution in [-0.4, -0.2) is 27.4 Å². The molecule has 0 aliphatic rings. The van der Waals surface area contributed by atoms with Gasteiger partial charge in [-0.3, -0.25) is 5.10 Å². The van der Waals surface area contributed by atoms with Crippen molar-refractivity contribution in [1.29, 1.82) is 5.26 Å². The molecule has 1 heterocycles. The van der Waals surface area contributed by atoms with E-state index >= 15 is 0 Å². The van der Waals surface area contributed by atoms with Crippen molar-refractivity contribution in [2.75, 3.05) is 11.9 Å².